The Balaban J connectivity index is 1.56. The molecule has 1 saturated carbocycles. The summed E-state index contributed by atoms with van der Waals surface area (Å²) in [5.74, 6) is 2.85. The van der Waals surface area contributed by atoms with Gasteiger partial charge in [0, 0.05) is 10.2 Å². The second-order valence-electron chi connectivity index (χ2n) is 4.39. The molecule has 2 aromatic rings. The second-order valence-corrected chi connectivity index (χ2v) is 6.29. The minimum Gasteiger partial charge on any atom is -0.226 e. The van der Waals surface area contributed by atoms with Gasteiger partial charge in [-0.25, -0.2) is 4.68 Å². The van der Waals surface area contributed by atoms with Gasteiger partial charge >= 0.3 is 0 Å². The van der Waals surface area contributed by atoms with Crippen molar-refractivity contribution in [2.24, 2.45) is 0 Å². The molecule has 0 spiro atoms. The highest BCUT2D eigenvalue weighted by Crippen LogP contribution is 2.35. The summed E-state index contributed by atoms with van der Waals surface area (Å²) in [7, 11) is 0. The monoisotopic (exact) mass is 324 g/mol. The zero-order valence-corrected chi connectivity index (χ0v) is 12.2. The molecule has 4 nitrogen and oxygen atoms in total. The van der Waals surface area contributed by atoms with Gasteiger partial charge in [0.25, 0.3) is 0 Å². The lowest BCUT2D eigenvalue weighted by molar-refractivity contribution is 0.593. The van der Waals surface area contributed by atoms with Crippen molar-refractivity contribution in [3.8, 4) is 0 Å². The number of hydrogen-bond donors (Lipinski definition) is 0. The van der Waals surface area contributed by atoms with E-state index in [1.807, 2.05) is 22.5 Å². The summed E-state index contributed by atoms with van der Waals surface area (Å²) >= 11 is 5.33. The summed E-state index contributed by atoms with van der Waals surface area (Å²) in [6, 6.07) is 8.95. The molecule has 94 valence electrons. The van der Waals surface area contributed by atoms with Crippen LogP contribution in [0.1, 0.15) is 30.3 Å². The number of tetrazole rings is 1. The molecule has 1 aromatic carbocycles. The normalized spacial score (nSPS) is 14.9. The fraction of sp³-hybridized carbons (Fsp3) is 0.417. The van der Waals surface area contributed by atoms with Gasteiger partial charge in [0.15, 0.2) is 5.82 Å². The molecule has 1 aliphatic rings. The van der Waals surface area contributed by atoms with E-state index >= 15 is 0 Å². The fourth-order valence-corrected chi connectivity index (χ4v) is 3.13. The smallest absolute Gasteiger partial charge is 0.161 e. The van der Waals surface area contributed by atoms with Gasteiger partial charge in [0.2, 0.25) is 0 Å². The minimum absolute atomic E-state index is 0.557. The summed E-state index contributed by atoms with van der Waals surface area (Å²) in [5.41, 5.74) is 1.32. The van der Waals surface area contributed by atoms with Crippen LogP contribution in [-0.4, -0.2) is 20.2 Å². The van der Waals surface area contributed by atoms with Crippen molar-refractivity contribution in [3.05, 3.63) is 40.1 Å². The van der Waals surface area contributed by atoms with E-state index in [-0.39, 0.29) is 0 Å². The van der Waals surface area contributed by atoms with Gasteiger partial charge in [-0.15, -0.1) is 16.9 Å². The molecule has 0 aliphatic heterocycles. The number of thioether (sulfide) groups is 1. The molecule has 0 atom stereocenters. The molecule has 0 saturated heterocycles. The Kier molecular flexibility index (Phi) is 3.65. The Labute approximate surface area is 118 Å². The number of halogens is 1. The Hall–Kier alpha value is -0.880. The van der Waals surface area contributed by atoms with Crippen LogP contribution in [0.15, 0.2) is 28.7 Å². The molecule has 1 aliphatic carbocycles. The van der Waals surface area contributed by atoms with Crippen molar-refractivity contribution in [2.45, 2.75) is 30.4 Å². The van der Waals surface area contributed by atoms with E-state index in [4.69, 9.17) is 0 Å². The molecule has 18 heavy (non-hydrogen) atoms. The van der Waals surface area contributed by atoms with E-state index in [1.54, 1.807) is 0 Å². The van der Waals surface area contributed by atoms with Crippen LogP contribution in [0.3, 0.4) is 0 Å². The lowest BCUT2D eigenvalue weighted by Crippen LogP contribution is -2.02. The van der Waals surface area contributed by atoms with Crippen molar-refractivity contribution in [1.82, 2.24) is 20.2 Å². The summed E-state index contributed by atoms with van der Waals surface area (Å²) in [6.45, 7) is 0. The van der Waals surface area contributed by atoms with Gasteiger partial charge in [0.05, 0.1) is 11.8 Å². The van der Waals surface area contributed by atoms with Crippen LogP contribution in [0.4, 0.5) is 0 Å². The van der Waals surface area contributed by atoms with Crippen LogP contribution in [0.2, 0.25) is 0 Å². The number of nitrogens with zero attached hydrogens (tertiary/aromatic N) is 4. The first kappa shape index (κ1) is 12.2. The van der Waals surface area contributed by atoms with Gasteiger partial charge in [-0.3, -0.25) is 0 Å². The van der Waals surface area contributed by atoms with Crippen LogP contribution in [-0.2, 0) is 11.5 Å². The van der Waals surface area contributed by atoms with Gasteiger partial charge in [-0.1, -0.05) is 28.1 Å². The standard InChI is InChI=1S/C12H13BrN4S/c13-10-3-1-2-9(6-10)7-18-8-12-14-15-16-17(12)11-4-5-11/h1-3,6,11H,4-5,7-8H2. The molecule has 6 heteroatoms. The Morgan fingerprint density at radius 1 is 1.33 bits per heavy atom. The lowest BCUT2D eigenvalue weighted by Gasteiger charge is -2.03. The third-order valence-electron chi connectivity index (χ3n) is 2.84. The molecule has 1 aromatic heterocycles. The molecule has 0 bridgehead atoms. The number of aromatic nitrogens is 4. The first-order chi connectivity index (χ1) is 8.83. The zero-order valence-electron chi connectivity index (χ0n) is 9.79. The molecule has 1 fully saturated rings. The van der Waals surface area contributed by atoms with Crippen LogP contribution in [0, 0.1) is 0 Å². The maximum Gasteiger partial charge on any atom is 0.161 e. The third-order valence-corrected chi connectivity index (χ3v) is 4.34. The number of benzene rings is 1. The molecule has 0 radical (unpaired) electrons. The van der Waals surface area contributed by atoms with Crippen LogP contribution >= 0.6 is 27.7 Å². The molecule has 3 rings (SSSR count). The lowest BCUT2D eigenvalue weighted by atomic mass is 10.2. The fourth-order valence-electron chi connectivity index (χ4n) is 1.80. The van der Waals surface area contributed by atoms with Crippen LogP contribution < -0.4 is 0 Å². The van der Waals surface area contributed by atoms with Gasteiger partial charge < -0.3 is 0 Å². The molecular weight excluding hydrogens is 312 g/mol. The Morgan fingerprint density at radius 2 is 2.22 bits per heavy atom. The molecule has 0 amide bonds. The number of rotatable bonds is 5. The zero-order chi connectivity index (χ0) is 12.4. The highest BCUT2D eigenvalue weighted by atomic mass is 79.9. The summed E-state index contributed by atoms with van der Waals surface area (Å²) in [6.07, 6.45) is 2.43. The quantitative estimate of drug-likeness (QED) is 0.847. The predicted octanol–water partition coefficient (Wildman–Crippen LogP) is 3.20. The summed E-state index contributed by atoms with van der Waals surface area (Å²) in [5, 5.41) is 11.9. The third kappa shape index (κ3) is 2.92. The highest BCUT2D eigenvalue weighted by Gasteiger charge is 2.27. The average Bonchev–Trinajstić information content (AvgIpc) is 3.10. The highest BCUT2D eigenvalue weighted by molar-refractivity contribution is 9.10. The predicted molar refractivity (Wildman–Crippen MR) is 75.2 cm³/mol. The molecular formula is C12H13BrN4S. The maximum absolute atomic E-state index is 4.10. The van der Waals surface area contributed by atoms with E-state index in [0.717, 1.165) is 21.8 Å². The van der Waals surface area contributed by atoms with E-state index in [2.05, 4.69) is 49.7 Å². The van der Waals surface area contributed by atoms with Crippen molar-refractivity contribution in [2.75, 3.05) is 0 Å². The van der Waals surface area contributed by atoms with Gasteiger partial charge in [0.1, 0.15) is 0 Å². The maximum atomic E-state index is 4.10. The second kappa shape index (κ2) is 5.40. The minimum atomic E-state index is 0.557. The van der Waals surface area contributed by atoms with E-state index in [1.165, 1.54) is 18.4 Å². The summed E-state index contributed by atoms with van der Waals surface area (Å²) < 4.78 is 3.11. The Bertz CT molecular complexity index is 538. The van der Waals surface area contributed by atoms with E-state index in [0.29, 0.717) is 6.04 Å². The molecule has 0 N–H and O–H groups in total. The van der Waals surface area contributed by atoms with Crippen LogP contribution in [0.5, 0.6) is 0 Å². The average molecular weight is 325 g/mol. The SMILES string of the molecule is Brc1cccc(CSCc2nnnn2C2CC2)c1. The van der Waals surface area contributed by atoms with Crippen molar-refractivity contribution in [1.29, 1.82) is 0 Å². The van der Waals surface area contributed by atoms with Crippen molar-refractivity contribution < 1.29 is 0 Å². The first-order valence-corrected chi connectivity index (χ1v) is 7.86. The van der Waals surface area contributed by atoms with Gasteiger partial charge in [-0.05, 0) is 41.0 Å². The van der Waals surface area contributed by atoms with Crippen molar-refractivity contribution >= 4 is 27.7 Å². The Morgan fingerprint density at radius 3 is 3.00 bits per heavy atom. The van der Waals surface area contributed by atoms with Crippen LogP contribution in [0.25, 0.3) is 0 Å². The summed E-state index contributed by atoms with van der Waals surface area (Å²) in [4.78, 5) is 0. The van der Waals surface area contributed by atoms with E-state index < -0.39 is 0 Å². The van der Waals surface area contributed by atoms with E-state index in [9.17, 15) is 0 Å². The van der Waals surface area contributed by atoms with Crippen molar-refractivity contribution in [3.63, 3.8) is 0 Å². The largest absolute Gasteiger partial charge is 0.226 e. The first-order valence-electron chi connectivity index (χ1n) is 5.92. The number of hydrogen-bond acceptors (Lipinski definition) is 4. The molecule has 1 heterocycles. The topological polar surface area (TPSA) is 43.6 Å². The van der Waals surface area contributed by atoms with Gasteiger partial charge in [-0.2, -0.15) is 0 Å². The molecule has 0 unspecified atom stereocenters.